The Labute approximate surface area is 139 Å². The van der Waals surface area contributed by atoms with Crippen molar-refractivity contribution in [2.75, 3.05) is 0 Å². The van der Waals surface area contributed by atoms with Crippen molar-refractivity contribution >= 4 is 39.5 Å². The molecule has 23 heavy (non-hydrogen) atoms. The highest BCUT2D eigenvalue weighted by Crippen LogP contribution is 2.33. The maximum atomic E-state index is 11.1. The van der Waals surface area contributed by atoms with Crippen LogP contribution < -0.4 is 4.74 Å². The molecule has 0 aliphatic heterocycles. The first-order valence-electron chi connectivity index (χ1n) is 7.35. The zero-order valence-corrected chi connectivity index (χ0v) is 14.1. The third kappa shape index (κ3) is 3.48. The lowest BCUT2D eigenvalue weighted by atomic mass is 10.1. The van der Waals surface area contributed by atoms with Crippen molar-refractivity contribution in [3.63, 3.8) is 0 Å². The molecule has 2 aromatic heterocycles. The van der Waals surface area contributed by atoms with Gasteiger partial charge in [0.2, 0.25) is 0 Å². The van der Waals surface area contributed by atoms with E-state index in [0.29, 0.717) is 5.75 Å². The standard InChI is InChI=1S/C19H17NO2S/c1-12-4-7-16(13(2)20-12)8-5-15-6-9-17-18(22-14(3)21)11-23-19(17)10-15/h4-11H,1-3H3. The van der Waals surface area contributed by atoms with Crippen LogP contribution >= 0.6 is 11.3 Å². The molecule has 3 rings (SSSR count). The average molecular weight is 323 g/mol. The highest BCUT2D eigenvalue weighted by molar-refractivity contribution is 7.17. The Balaban J connectivity index is 1.89. The van der Waals surface area contributed by atoms with Crippen molar-refractivity contribution in [2.24, 2.45) is 0 Å². The molecule has 0 fully saturated rings. The van der Waals surface area contributed by atoms with Crippen LogP contribution in [0, 0.1) is 13.8 Å². The SMILES string of the molecule is CC(=O)Oc1csc2cc(C=Cc3ccc(C)nc3C)ccc12. The van der Waals surface area contributed by atoms with Crippen LogP contribution in [0.1, 0.15) is 29.4 Å². The topological polar surface area (TPSA) is 39.2 Å². The van der Waals surface area contributed by atoms with E-state index in [1.807, 2.05) is 37.4 Å². The van der Waals surface area contributed by atoms with Crippen LogP contribution in [-0.4, -0.2) is 11.0 Å². The lowest BCUT2D eigenvalue weighted by Crippen LogP contribution is -2.00. The van der Waals surface area contributed by atoms with Crippen LogP contribution in [0.2, 0.25) is 0 Å². The average Bonchev–Trinajstić information content (AvgIpc) is 2.88. The minimum Gasteiger partial charge on any atom is -0.425 e. The number of thiophene rings is 1. The minimum atomic E-state index is -0.295. The van der Waals surface area contributed by atoms with Gasteiger partial charge in [0.05, 0.1) is 0 Å². The van der Waals surface area contributed by atoms with Gasteiger partial charge in [0.25, 0.3) is 0 Å². The van der Waals surface area contributed by atoms with E-state index in [9.17, 15) is 4.79 Å². The predicted molar refractivity (Wildman–Crippen MR) is 95.8 cm³/mol. The number of pyridine rings is 1. The Hall–Kier alpha value is -2.46. The third-order valence-electron chi connectivity index (χ3n) is 3.54. The fourth-order valence-corrected chi connectivity index (χ4v) is 3.33. The number of hydrogen-bond acceptors (Lipinski definition) is 4. The number of ether oxygens (including phenoxy) is 1. The fourth-order valence-electron chi connectivity index (χ4n) is 2.42. The van der Waals surface area contributed by atoms with Crippen LogP contribution in [0.4, 0.5) is 0 Å². The fraction of sp³-hybridized carbons (Fsp3) is 0.158. The number of aromatic nitrogens is 1. The number of nitrogens with zero attached hydrogens (tertiary/aromatic N) is 1. The summed E-state index contributed by atoms with van der Waals surface area (Å²) < 4.78 is 6.31. The molecule has 0 unspecified atom stereocenters. The van der Waals surface area contributed by atoms with Gasteiger partial charge in [-0.3, -0.25) is 9.78 Å². The van der Waals surface area contributed by atoms with E-state index in [1.165, 1.54) is 6.92 Å². The molecular weight excluding hydrogens is 306 g/mol. The van der Waals surface area contributed by atoms with Gasteiger partial charge in [-0.15, -0.1) is 11.3 Å². The van der Waals surface area contributed by atoms with E-state index in [-0.39, 0.29) is 5.97 Å². The van der Waals surface area contributed by atoms with Gasteiger partial charge in [-0.05, 0) is 43.2 Å². The Morgan fingerprint density at radius 2 is 2.00 bits per heavy atom. The second-order valence-electron chi connectivity index (χ2n) is 5.41. The van der Waals surface area contributed by atoms with Crippen LogP contribution in [0.25, 0.3) is 22.2 Å². The van der Waals surface area contributed by atoms with Gasteiger partial charge in [0.15, 0.2) is 0 Å². The Morgan fingerprint density at radius 1 is 1.17 bits per heavy atom. The number of esters is 1. The molecule has 0 radical (unpaired) electrons. The largest absolute Gasteiger partial charge is 0.425 e. The van der Waals surface area contributed by atoms with Gasteiger partial charge < -0.3 is 4.74 Å². The first-order chi connectivity index (χ1) is 11.0. The maximum Gasteiger partial charge on any atom is 0.308 e. The molecule has 1 aromatic carbocycles. The summed E-state index contributed by atoms with van der Waals surface area (Å²) >= 11 is 1.57. The number of aryl methyl sites for hydroxylation is 2. The van der Waals surface area contributed by atoms with Gasteiger partial charge in [-0.25, -0.2) is 0 Å². The molecule has 2 heterocycles. The summed E-state index contributed by atoms with van der Waals surface area (Å²) in [7, 11) is 0. The summed E-state index contributed by atoms with van der Waals surface area (Å²) in [5, 5.41) is 2.84. The summed E-state index contributed by atoms with van der Waals surface area (Å²) in [4.78, 5) is 15.6. The van der Waals surface area contributed by atoms with E-state index >= 15 is 0 Å². The van der Waals surface area contributed by atoms with Crippen molar-refractivity contribution in [3.05, 3.63) is 58.2 Å². The van der Waals surface area contributed by atoms with Gasteiger partial charge in [0.1, 0.15) is 5.75 Å². The van der Waals surface area contributed by atoms with E-state index in [2.05, 4.69) is 29.3 Å². The Bertz CT molecular complexity index is 909. The molecule has 0 atom stereocenters. The van der Waals surface area contributed by atoms with Gasteiger partial charge in [-0.1, -0.05) is 24.3 Å². The molecule has 0 spiro atoms. The van der Waals surface area contributed by atoms with Crippen molar-refractivity contribution in [2.45, 2.75) is 20.8 Å². The molecule has 0 N–H and O–H groups in total. The number of hydrogen-bond donors (Lipinski definition) is 0. The normalized spacial score (nSPS) is 11.3. The molecule has 3 nitrogen and oxygen atoms in total. The van der Waals surface area contributed by atoms with E-state index in [1.54, 1.807) is 11.3 Å². The van der Waals surface area contributed by atoms with Crippen molar-refractivity contribution < 1.29 is 9.53 Å². The summed E-state index contributed by atoms with van der Waals surface area (Å²) in [6.07, 6.45) is 4.15. The molecule has 0 saturated heterocycles. The molecule has 4 heteroatoms. The van der Waals surface area contributed by atoms with Crippen molar-refractivity contribution in [1.29, 1.82) is 0 Å². The maximum absolute atomic E-state index is 11.1. The van der Waals surface area contributed by atoms with Gasteiger partial charge in [0, 0.05) is 33.8 Å². The molecule has 0 aliphatic rings. The van der Waals surface area contributed by atoms with Crippen LogP contribution in [0.3, 0.4) is 0 Å². The first-order valence-corrected chi connectivity index (χ1v) is 8.23. The van der Waals surface area contributed by atoms with Crippen molar-refractivity contribution in [1.82, 2.24) is 4.98 Å². The predicted octanol–water partition coefficient (Wildman–Crippen LogP) is 5.01. The number of benzene rings is 1. The minimum absolute atomic E-state index is 0.295. The summed E-state index contributed by atoms with van der Waals surface area (Å²) in [6.45, 7) is 5.42. The van der Waals surface area contributed by atoms with E-state index in [4.69, 9.17) is 4.74 Å². The van der Waals surface area contributed by atoms with E-state index < -0.39 is 0 Å². The quantitative estimate of drug-likeness (QED) is 0.636. The van der Waals surface area contributed by atoms with Gasteiger partial charge >= 0.3 is 5.97 Å². The highest BCUT2D eigenvalue weighted by Gasteiger charge is 2.07. The number of rotatable bonds is 3. The van der Waals surface area contributed by atoms with E-state index in [0.717, 1.165) is 32.6 Å². The molecule has 116 valence electrons. The first kappa shape index (κ1) is 15.4. The van der Waals surface area contributed by atoms with Crippen molar-refractivity contribution in [3.8, 4) is 5.75 Å². The lowest BCUT2D eigenvalue weighted by Gasteiger charge is -2.01. The molecule has 0 aliphatic carbocycles. The summed E-state index contributed by atoms with van der Waals surface area (Å²) in [6, 6.07) is 10.2. The molecule has 0 bridgehead atoms. The third-order valence-corrected chi connectivity index (χ3v) is 4.46. The number of fused-ring (bicyclic) bond motifs is 1. The highest BCUT2D eigenvalue weighted by atomic mass is 32.1. The molecule has 3 aromatic rings. The Morgan fingerprint density at radius 3 is 2.74 bits per heavy atom. The van der Waals surface area contributed by atoms with Crippen LogP contribution in [0.5, 0.6) is 5.75 Å². The smallest absolute Gasteiger partial charge is 0.308 e. The van der Waals surface area contributed by atoms with Gasteiger partial charge in [-0.2, -0.15) is 0 Å². The monoisotopic (exact) mass is 323 g/mol. The van der Waals surface area contributed by atoms with Crippen LogP contribution in [0.15, 0.2) is 35.7 Å². The number of carbonyl (C=O) groups excluding carboxylic acids is 1. The summed E-state index contributed by atoms with van der Waals surface area (Å²) in [5.74, 6) is 0.336. The molecular formula is C19H17NO2S. The molecule has 0 saturated carbocycles. The summed E-state index contributed by atoms with van der Waals surface area (Å²) in [5.41, 5.74) is 4.27. The zero-order valence-electron chi connectivity index (χ0n) is 13.3. The molecule has 0 amide bonds. The lowest BCUT2D eigenvalue weighted by molar-refractivity contribution is -0.131. The van der Waals surface area contributed by atoms with Crippen LogP contribution in [-0.2, 0) is 4.79 Å². The Kier molecular flexibility index (Phi) is 4.26. The number of carbonyl (C=O) groups is 1. The second-order valence-corrected chi connectivity index (χ2v) is 6.32. The second kappa shape index (κ2) is 6.34. The zero-order chi connectivity index (χ0) is 16.4.